The van der Waals surface area contributed by atoms with Crippen LogP contribution >= 0.6 is 11.6 Å². The molecule has 3 aliphatic rings. The predicted octanol–water partition coefficient (Wildman–Crippen LogP) is 4.72. The summed E-state index contributed by atoms with van der Waals surface area (Å²) in [7, 11) is 1.79. The highest BCUT2D eigenvalue weighted by atomic mass is 35.5. The number of nitriles is 1. The molecule has 3 fully saturated rings. The van der Waals surface area contributed by atoms with Crippen LogP contribution in [0.5, 0.6) is 5.75 Å². The first kappa shape index (κ1) is 20.8. The zero-order valence-corrected chi connectivity index (χ0v) is 18.2. The van der Waals surface area contributed by atoms with Gasteiger partial charge in [-0.05, 0) is 74.5 Å². The highest BCUT2D eigenvalue weighted by molar-refractivity contribution is 6.31. The maximum Gasteiger partial charge on any atom is 0.121 e. The van der Waals surface area contributed by atoms with Crippen molar-refractivity contribution in [3.05, 3.63) is 51.8 Å². The van der Waals surface area contributed by atoms with E-state index in [1.165, 1.54) is 17.7 Å². The third-order valence-electron chi connectivity index (χ3n) is 6.73. The van der Waals surface area contributed by atoms with Crippen LogP contribution in [0.25, 0.3) is 0 Å². The Morgan fingerprint density at radius 1 is 1.27 bits per heavy atom. The second kappa shape index (κ2) is 9.14. The normalized spacial score (nSPS) is 28.2. The van der Waals surface area contributed by atoms with Gasteiger partial charge >= 0.3 is 0 Å². The fraction of sp³-hybridized carbons (Fsp3) is 0.500. The Labute approximate surface area is 183 Å². The Morgan fingerprint density at radius 3 is 2.53 bits per heavy atom. The molecule has 0 bridgehead atoms. The molecule has 0 heterocycles. The molecule has 3 saturated carbocycles. The molecule has 2 unspecified atom stereocenters. The Kier molecular flexibility index (Phi) is 6.34. The van der Waals surface area contributed by atoms with E-state index in [0.29, 0.717) is 28.5 Å². The van der Waals surface area contributed by atoms with Crippen molar-refractivity contribution in [3.63, 3.8) is 0 Å². The molecule has 30 heavy (non-hydrogen) atoms. The number of nitrogens with one attached hydrogen (secondary N) is 1. The number of nitrogens with zero attached hydrogens (tertiary/aromatic N) is 2. The minimum atomic E-state index is 0.223. The molecule has 5 nitrogen and oxygen atoms in total. The third-order valence-corrected chi connectivity index (χ3v) is 7.04. The first-order chi connectivity index (χ1) is 14.6. The van der Waals surface area contributed by atoms with Crippen molar-refractivity contribution >= 4 is 17.8 Å². The molecule has 3 N–H and O–H groups in total. The molecule has 158 valence electrons. The summed E-state index contributed by atoms with van der Waals surface area (Å²) in [6.45, 7) is 0. The highest BCUT2D eigenvalue weighted by Crippen LogP contribution is 2.46. The predicted molar refractivity (Wildman–Crippen MR) is 121 cm³/mol. The van der Waals surface area contributed by atoms with E-state index in [4.69, 9.17) is 27.3 Å². The van der Waals surface area contributed by atoms with E-state index in [-0.39, 0.29) is 6.10 Å². The lowest BCUT2D eigenvalue weighted by atomic mass is 9.88. The van der Waals surface area contributed by atoms with Gasteiger partial charge in [-0.15, -0.1) is 0 Å². The third kappa shape index (κ3) is 4.34. The van der Waals surface area contributed by atoms with E-state index in [1.54, 1.807) is 25.4 Å². The summed E-state index contributed by atoms with van der Waals surface area (Å²) in [4.78, 5) is 4.18. The number of ether oxygens (including phenoxy) is 1. The van der Waals surface area contributed by atoms with Crippen LogP contribution in [0.1, 0.15) is 50.5 Å². The van der Waals surface area contributed by atoms with E-state index in [1.807, 2.05) is 12.3 Å². The highest BCUT2D eigenvalue weighted by Gasteiger charge is 2.43. The number of rotatable bonds is 6. The van der Waals surface area contributed by atoms with Gasteiger partial charge in [0.2, 0.25) is 0 Å². The van der Waals surface area contributed by atoms with Crippen molar-refractivity contribution in [2.24, 2.45) is 22.6 Å². The van der Waals surface area contributed by atoms with Crippen molar-refractivity contribution in [3.8, 4) is 11.8 Å². The van der Waals surface area contributed by atoms with Crippen LogP contribution in [0.4, 0.5) is 0 Å². The molecule has 3 aliphatic carbocycles. The summed E-state index contributed by atoms with van der Waals surface area (Å²) in [6, 6.07) is 7.89. The van der Waals surface area contributed by atoms with Crippen molar-refractivity contribution in [2.75, 3.05) is 7.05 Å². The van der Waals surface area contributed by atoms with Crippen LogP contribution in [0.3, 0.4) is 0 Å². The van der Waals surface area contributed by atoms with Gasteiger partial charge in [-0.2, -0.15) is 5.26 Å². The van der Waals surface area contributed by atoms with E-state index in [9.17, 15) is 0 Å². The molecular weight excluding hydrogens is 396 g/mol. The van der Waals surface area contributed by atoms with E-state index >= 15 is 0 Å². The monoisotopic (exact) mass is 424 g/mol. The lowest BCUT2D eigenvalue weighted by Crippen LogP contribution is -2.31. The Balaban J connectivity index is 1.35. The van der Waals surface area contributed by atoms with E-state index in [0.717, 1.165) is 49.8 Å². The standard InChI is InChI=1S/C24H29ClN4O/c1-28-14-19(13-27)24(15-3-2-4-15)29-20-7-17-9-22(10-18(17)8-20)30-21-6-5-16(12-26)23(25)11-21/h5-6,11,13-14,17-18,20,22,29H,2-4,7-10,27H2,1H3/b19-13+,28-14-. The minimum absolute atomic E-state index is 0.223. The summed E-state index contributed by atoms with van der Waals surface area (Å²) < 4.78 is 6.19. The van der Waals surface area contributed by atoms with Gasteiger partial charge in [0.05, 0.1) is 16.7 Å². The number of halogens is 1. The number of benzene rings is 1. The summed E-state index contributed by atoms with van der Waals surface area (Å²) in [5.74, 6) is 2.12. The minimum Gasteiger partial charge on any atom is -0.490 e. The van der Waals surface area contributed by atoms with Crippen LogP contribution in [0.2, 0.25) is 5.02 Å². The maximum atomic E-state index is 9.02. The van der Waals surface area contributed by atoms with E-state index < -0.39 is 0 Å². The average Bonchev–Trinajstić information content (AvgIpc) is 3.22. The summed E-state index contributed by atoms with van der Waals surface area (Å²) in [5, 5.41) is 13.3. The Hall–Kier alpha value is -2.45. The van der Waals surface area contributed by atoms with Gasteiger partial charge in [-0.3, -0.25) is 4.99 Å². The largest absolute Gasteiger partial charge is 0.490 e. The molecule has 6 heteroatoms. The van der Waals surface area contributed by atoms with Gasteiger partial charge in [-0.1, -0.05) is 11.6 Å². The first-order valence-corrected chi connectivity index (χ1v) is 11.2. The Morgan fingerprint density at radius 2 is 2.00 bits per heavy atom. The van der Waals surface area contributed by atoms with Crippen molar-refractivity contribution < 1.29 is 4.74 Å². The quantitative estimate of drug-likeness (QED) is 0.647. The molecule has 1 aromatic rings. The fourth-order valence-corrected chi connectivity index (χ4v) is 5.37. The number of allylic oxidation sites excluding steroid dienone is 2. The van der Waals surface area contributed by atoms with Gasteiger partial charge in [0.1, 0.15) is 11.8 Å². The molecule has 0 spiro atoms. The van der Waals surface area contributed by atoms with Crippen LogP contribution < -0.4 is 15.8 Å². The molecule has 0 aromatic heterocycles. The molecule has 2 atom stereocenters. The molecule has 1 aromatic carbocycles. The van der Waals surface area contributed by atoms with Crippen LogP contribution in [0.15, 0.2) is 46.2 Å². The zero-order valence-electron chi connectivity index (χ0n) is 17.4. The molecular formula is C24H29ClN4O. The van der Waals surface area contributed by atoms with Crippen LogP contribution in [-0.2, 0) is 0 Å². The molecule has 0 radical (unpaired) electrons. The number of hydrogen-bond donors (Lipinski definition) is 2. The van der Waals surface area contributed by atoms with Gasteiger partial charge in [-0.25, -0.2) is 0 Å². The van der Waals surface area contributed by atoms with Gasteiger partial charge in [0, 0.05) is 42.8 Å². The zero-order chi connectivity index (χ0) is 21.1. The number of fused-ring (bicyclic) bond motifs is 1. The van der Waals surface area contributed by atoms with Crippen molar-refractivity contribution in [1.82, 2.24) is 5.32 Å². The van der Waals surface area contributed by atoms with Crippen molar-refractivity contribution in [2.45, 2.75) is 57.1 Å². The smallest absolute Gasteiger partial charge is 0.121 e. The van der Waals surface area contributed by atoms with Crippen LogP contribution in [-0.4, -0.2) is 25.4 Å². The second-order valence-electron chi connectivity index (χ2n) is 8.64. The van der Waals surface area contributed by atoms with E-state index in [2.05, 4.69) is 16.4 Å². The molecule has 4 rings (SSSR count). The SMILES string of the molecule is C/N=C\C(=C/N)C(NC1CC2CC(Oc3ccc(C#N)c(Cl)c3)CC2C1)=C1CCC1. The summed E-state index contributed by atoms with van der Waals surface area (Å²) in [5.41, 5.74) is 10.1. The number of nitrogens with two attached hydrogens (primary N) is 1. The summed E-state index contributed by atoms with van der Waals surface area (Å²) >= 11 is 6.14. The van der Waals surface area contributed by atoms with Gasteiger partial charge in [0.25, 0.3) is 0 Å². The number of hydrogen-bond acceptors (Lipinski definition) is 5. The molecule has 0 saturated heterocycles. The Bertz CT molecular complexity index is 910. The van der Waals surface area contributed by atoms with Crippen LogP contribution in [0, 0.1) is 23.2 Å². The summed E-state index contributed by atoms with van der Waals surface area (Å²) in [6.07, 6.45) is 11.8. The molecule has 0 aliphatic heterocycles. The van der Waals surface area contributed by atoms with Gasteiger partial charge in [0.15, 0.2) is 0 Å². The molecule has 0 amide bonds. The van der Waals surface area contributed by atoms with Gasteiger partial charge < -0.3 is 15.8 Å². The second-order valence-corrected chi connectivity index (χ2v) is 9.05. The van der Waals surface area contributed by atoms with Crippen molar-refractivity contribution in [1.29, 1.82) is 5.26 Å². The lowest BCUT2D eigenvalue weighted by molar-refractivity contribution is 0.196. The average molecular weight is 425 g/mol. The number of aliphatic imine (C=N–C) groups is 1. The topological polar surface area (TPSA) is 83.4 Å². The lowest BCUT2D eigenvalue weighted by Gasteiger charge is -2.27. The first-order valence-electron chi connectivity index (χ1n) is 10.8. The fourth-order valence-electron chi connectivity index (χ4n) is 5.15. The maximum absolute atomic E-state index is 9.02.